The number of carbonyl (C=O) groups is 1. The van der Waals surface area contributed by atoms with Crippen LogP contribution >= 0.6 is 0 Å². The minimum Gasteiger partial charge on any atom is -0.483 e. The van der Waals surface area contributed by atoms with Gasteiger partial charge in [-0.25, -0.2) is 27.0 Å². The van der Waals surface area contributed by atoms with Crippen molar-refractivity contribution in [2.75, 3.05) is 17.7 Å². The van der Waals surface area contributed by atoms with Crippen LogP contribution in [0.1, 0.15) is 16.8 Å². The van der Waals surface area contributed by atoms with Gasteiger partial charge in [0.05, 0.1) is 5.56 Å². The first kappa shape index (κ1) is 25.3. The molecule has 0 saturated carbocycles. The van der Waals surface area contributed by atoms with Crippen molar-refractivity contribution in [1.82, 2.24) is 14.3 Å². The Morgan fingerprint density at radius 2 is 1.83 bits per heavy atom. The van der Waals surface area contributed by atoms with Crippen LogP contribution in [-0.4, -0.2) is 43.0 Å². The molecule has 2 heterocycles. The standard InChI is InChI=1S/C20H15F6N5O4S/c21-11-3-1-4-12(22)16(11)28-17(32)10-7-13(23)14(8-15(10)35-9-20(24,25)26)31-19(33)30-5-2-6-36(27,34)18(30)29-31/h1,3-4,7-8,27H,2,5-6,9H2,(H,28,32). The van der Waals surface area contributed by atoms with Crippen molar-refractivity contribution in [2.45, 2.75) is 24.3 Å². The molecule has 4 rings (SSSR count). The molecule has 1 aliphatic rings. The van der Waals surface area contributed by atoms with Gasteiger partial charge in [-0.3, -0.25) is 9.36 Å². The molecule has 0 bridgehead atoms. The highest BCUT2D eigenvalue weighted by Crippen LogP contribution is 2.29. The van der Waals surface area contributed by atoms with E-state index in [1.165, 1.54) is 0 Å². The summed E-state index contributed by atoms with van der Waals surface area (Å²) < 4.78 is 108. The van der Waals surface area contributed by atoms with Crippen molar-refractivity contribution in [3.63, 3.8) is 0 Å². The molecule has 192 valence electrons. The maximum absolute atomic E-state index is 15.1. The van der Waals surface area contributed by atoms with Crippen molar-refractivity contribution in [2.24, 2.45) is 0 Å². The van der Waals surface area contributed by atoms with Crippen LogP contribution in [-0.2, 0) is 16.3 Å². The number of rotatable bonds is 5. The number of para-hydroxylation sites is 1. The maximum Gasteiger partial charge on any atom is 0.422 e. The van der Waals surface area contributed by atoms with Gasteiger partial charge >= 0.3 is 11.9 Å². The number of alkyl halides is 3. The van der Waals surface area contributed by atoms with Crippen LogP contribution in [0.4, 0.5) is 32.0 Å². The largest absolute Gasteiger partial charge is 0.483 e. The number of nitrogens with one attached hydrogen (secondary N) is 2. The summed E-state index contributed by atoms with van der Waals surface area (Å²) in [6.07, 6.45) is -4.68. The lowest BCUT2D eigenvalue weighted by Crippen LogP contribution is -2.29. The number of carbonyl (C=O) groups excluding carboxylic acids is 1. The second-order valence-corrected chi connectivity index (χ2v) is 9.74. The lowest BCUT2D eigenvalue weighted by Gasteiger charge is -2.15. The Morgan fingerprint density at radius 1 is 1.17 bits per heavy atom. The van der Waals surface area contributed by atoms with Gasteiger partial charge < -0.3 is 10.1 Å². The van der Waals surface area contributed by atoms with Gasteiger partial charge in [-0.05, 0) is 24.6 Å². The van der Waals surface area contributed by atoms with E-state index in [9.17, 15) is 35.8 Å². The third-order valence-electron chi connectivity index (χ3n) is 5.05. The van der Waals surface area contributed by atoms with Gasteiger partial charge in [0.1, 0.15) is 44.3 Å². The third kappa shape index (κ3) is 4.80. The van der Waals surface area contributed by atoms with Gasteiger partial charge in [0.15, 0.2) is 6.61 Å². The summed E-state index contributed by atoms with van der Waals surface area (Å²) in [5.41, 5.74) is -3.58. The molecule has 1 aromatic heterocycles. The van der Waals surface area contributed by atoms with Gasteiger partial charge in [0.2, 0.25) is 5.16 Å². The molecule has 2 N–H and O–H groups in total. The second kappa shape index (κ2) is 9.00. The average Bonchev–Trinajstić information content (AvgIpc) is 3.12. The number of hydrogen-bond acceptors (Lipinski definition) is 6. The van der Waals surface area contributed by atoms with Gasteiger partial charge in [-0.15, -0.1) is 5.10 Å². The smallest absolute Gasteiger partial charge is 0.422 e. The van der Waals surface area contributed by atoms with E-state index < -0.39 is 79.4 Å². The van der Waals surface area contributed by atoms with Crippen LogP contribution in [0.2, 0.25) is 0 Å². The molecule has 16 heteroatoms. The minimum atomic E-state index is -4.89. The highest BCUT2D eigenvalue weighted by atomic mass is 32.2. The van der Waals surface area contributed by atoms with Crippen molar-refractivity contribution < 1.29 is 40.1 Å². The van der Waals surface area contributed by atoms with E-state index in [1.807, 2.05) is 5.32 Å². The van der Waals surface area contributed by atoms with E-state index in [4.69, 9.17) is 4.78 Å². The first-order chi connectivity index (χ1) is 16.8. The molecule has 0 spiro atoms. The van der Waals surface area contributed by atoms with Crippen LogP contribution in [0.5, 0.6) is 5.75 Å². The normalized spacial score (nSPS) is 17.5. The monoisotopic (exact) mass is 535 g/mol. The Hall–Kier alpha value is -3.82. The summed E-state index contributed by atoms with van der Waals surface area (Å²) in [5, 5.41) is 5.11. The number of benzene rings is 2. The maximum atomic E-state index is 15.1. The molecule has 9 nitrogen and oxygen atoms in total. The first-order valence-corrected chi connectivity index (χ1v) is 11.8. The second-order valence-electron chi connectivity index (χ2n) is 7.62. The number of hydrogen-bond donors (Lipinski definition) is 2. The summed E-state index contributed by atoms with van der Waals surface area (Å²) in [7, 11) is -3.48. The van der Waals surface area contributed by atoms with Crippen molar-refractivity contribution in [3.05, 3.63) is 63.8 Å². The zero-order valence-electron chi connectivity index (χ0n) is 17.9. The van der Waals surface area contributed by atoms with E-state index >= 15 is 4.39 Å². The topological polar surface area (TPSA) is 119 Å². The summed E-state index contributed by atoms with van der Waals surface area (Å²) in [6.45, 7) is -1.90. The highest BCUT2D eigenvalue weighted by Gasteiger charge is 2.32. The van der Waals surface area contributed by atoms with E-state index in [-0.39, 0.29) is 18.7 Å². The van der Waals surface area contributed by atoms with Crippen LogP contribution in [0.3, 0.4) is 0 Å². The van der Waals surface area contributed by atoms with E-state index in [0.29, 0.717) is 16.8 Å². The molecule has 1 unspecified atom stereocenters. The first-order valence-electron chi connectivity index (χ1n) is 10.0. The third-order valence-corrected chi connectivity index (χ3v) is 6.81. The number of nitrogens with zero attached hydrogens (tertiary/aromatic N) is 3. The molecule has 0 fully saturated rings. The fourth-order valence-corrected chi connectivity index (χ4v) is 4.90. The van der Waals surface area contributed by atoms with Crippen LogP contribution in [0, 0.1) is 22.2 Å². The summed E-state index contributed by atoms with van der Waals surface area (Å²) in [6, 6.07) is 3.59. The van der Waals surface area contributed by atoms with Crippen LogP contribution < -0.4 is 15.7 Å². The molecule has 1 aliphatic heterocycles. The molecule has 0 radical (unpaired) electrons. The van der Waals surface area contributed by atoms with Gasteiger partial charge in [0, 0.05) is 18.4 Å². The fraction of sp³-hybridized carbons (Fsp3) is 0.250. The zero-order chi connectivity index (χ0) is 26.4. The van der Waals surface area contributed by atoms with Crippen LogP contribution in [0.15, 0.2) is 40.3 Å². The molecular weight excluding hydrogens is 520 g/mol. The summed E-state index contributed by atoms with van der Waals surface area (Å²) in [5.74, 6) is -6.14. The SMILES string of the molecule is N=S1(=O)CCCn2c1nn(-c1cc(OCC(F)(F)F)c(C(=O)Nc3c(F)cccc3F)cc1F)c2=O. The van der Waals surface area contributed by atoms with Gasteiger partial charge in [0.25, 0.3) is 5.91 Å². The highest BCUT2D eigenvalue weighted by molar-refractivity contribution is 7.92. The quantitative estimate of drug-likeness (QED) is 0.485. The molecule has 0 aliphatic carbocycles. The molecule has 1 amide bonds. The molecule has 3 aromatic rings. The van der Waals surface area contributed by atoms with E-state index in [2.05, 4.69) is 9.84 Å². The summed E-state index contributed by atoms with van der Waals surface area (Å²) >= 11 is 0. The summed E-state index contributed by atoms with van der Waals surface area (Å²) in [4.78, 5) is 25.4. The average molecular weight is 535 g/mol. The number of fused-ring (bicyclic) bond motifs is 1. The fourth-order valence-electron chi connectivity index (χ4n) is 3.45. The number of aromatic nitrogens is 3. The Labute approximate surface area is 198 Å². The van der Waals surface area contributed by atoms with Crippen molar-refractivity contribution in [3.8, 4) is 11.4 Å². The van der Waals surface area contributed by atoms with Gasteiger partial charge in [-0.2, -0.15) is 17.9 Å². The Morgan fingerprint density at radius 3 is 2.44 bits per heavy atom. The number of ether oxygens (including phenoxy) is 1. The Kier molecular flexibility index (Phi) is 6.32. The Balaban J connectivity index is 1.82. The molecule has 36 heavy (non-hydrogen) atoms. The number of anilines is 1. The lowest BCUT2D eigenvalue weighted by atomic mass is 10.1. The van der Waals surface area contributed by atoms with Crippen molar-refractivity contribution >= 4 is 21.3 Å². The zero-order valence-corrected chi connectivity index (χ0v) is 18.7. The molecule has 1 atom stereocenters. The predicted octanol–water partition coefficient (Wildman–Crippen LogP) is 3.45. The van der Waals surface area contributed by atoms with Crippen molar-refractivity contribution in [1.29, 1.82) is 4.78 Å². The number of halogens is 6. The molecule has 0 saturated heterocycles. The lowest BCUT2D eigenvalue weighted by molar-refractivity contribution is -0.153. The van der Waals surface area contributed by atoms with Crippen LogP contribution in [0.25, 0.3) is 5.69 Å². The minimum absolute atomic E-state index is 0.0256. The van der Waals surface area contributed by atoms with Gasteiger partial charge in [-0.1, -0.05) is 6.07 Å². The Bertz CT molecular complexity index is 1510. The number of amides is 1. The molecule has 2 aromatic carbocycles. The van der Waals surface area contributed by atoms with E-state index in [1.54, 1.807) is 0 Å². The predicted molar refractivity (Wildman–Crippen MR) is 112 cm³/mol. The molecular formula is C20H15F6N5O4S. The van der Waals surface area contributed by atoms with E-state index in [0.717, 1.165) is 22.8 Å².